The first kappa shape index (κ1) is 13.1. The minimum Gasteiger partial charge on any atom is -0.345 e. The van der Waals surface area contributed by atoms with Gasteiger partial charge in [0.25, 0.3) is 5.91 Å². The third-order valence-electron chi connectivity index (χ3n) is 4.56. The van der Waals surface area contributed by atoms with E-state index in [0.29, 0.717) is 5.52 Å². The van der Waals surface area contributed by atoms with Crippen molar-refractivity contribution in [3.05, 3.63) is 29.8 Å². The minimum atomic E-state index is -0.540. The molecule has 1 N–H and O–H groups in total. The van der Waals surface area contributed by atoms with Crippen LogP contribution in [0.5, 0.6) is 0 Å². The van der Waals surface area contributed by atoms with Crippen LogP contribution in [0.15, 0.2) is 18.5 Å². The number of benzene rings is 1. The highest BCUT2D eigenvalue weighted by atomic mass is 19.1. The topological polar surface area (TPSA) is 49.0 Å². The first-order chi connectivity index (χ1) is 9.53. The molecule has 5 heteroatoms. The second kappa shape index (κ2) is 4.58. The third-order valence-corrected chi connectivity index (χ3v) is 4.56. The number of hydrogen-bond acceptors (Lipinski definition) is 2. The molecule has 0 saturated heterocycles. The van der Waals surface area contributed by atoms with E-state index < -0.39 is 5.82 Å². The number of imidazole rings is 1. The number of halogens is 1. The molecule has 2 aromatic rings. The van der Waals surface area contributed by atoms with Crippen molar-refractivity contribution < 1.29 is 9.18 Å². The maximum atomic E-state index is 14.4. The Morgan fingerprint density at radius 2 is 2.10 bits per heavy atom. The van der Waals surface area contributed by atoms with Crippen LogP contribution in [0.3, 0.4) is 0 Å². The zero-order chi connectivity index (χ0) is 14.3. The van der Waals surface area contributed by atoms with Gasteiger partial charge in [-0.1, -0.05) is 12.8 Å². The van der Waals surface area contributed by atoms with E-state index in [1.165, 1.54) is 12.4 Å². The number of carbonyl (C=O) groups is 1. The van der Waals surface area contributed by atoms with Crippen molar-refractivity contribution >= 4 is 16.9 Å². The van der Waals surface area contributed by atoms with E-state index in [4.69, 9.17) is 0 Å². The lowest BCUT2D eigenvalue weighted by atomic mass is 9.97. The van der Waals surface area contributed by atoms with Crippen LogP contribution < -0.4 is 0 Å². The number of aromatic nitrogens is 2. The van der Waals surface area contributed by atoms with Crippen molar-refractivity contribution in [3.8, 4) is 0 Å². The molecule has 1 aromatic heterocycles. The number of H-pyrrole nitrogens is 1. The van der Waals surface area contributed by atoms with Gasteiger partial charge in [-0.2, -0.15) is 0 Å². The Labute approximate surface area is 117 Å². The second-order valence-corrected chi connectivity index (χ2v) is 5.79. The number of aromatic amines is 1. The van der Waals surface area contributed by atoms with E-state index >= 15 is 0 Å². The van der Waals surface area contributed by atoms with Gasteiger partial charge in [0.2, 0.25) is 0 Å². The van der Waals surface area contributed by atoms with Gasteiger partial charge in [0, 0.05) is 12.6 Å². The zero-order valence-corrected chi connectivity index (χ0v) is 11.7. The largest absolute Gasteiger partial charge is 0.345 e. The van der Waals surface area contributed by atoms with Crippen LogP contribution in [-0.4, -0.2) is 33.4 Å². The molecule has 1 amide bonds. The zero-order valence-electron chi connectivity index (χ0n) is 11.7. The molecule has 20 heavy (non-hydrogen) atoms. The van der Waals surface area contributed by atoms with Crippen LogP contribution in [-0.2, 0) is 0 Å². The van der Waals surface area contributed by atoms with Gasteiger partial charge in [-0.15, -0.1) is 0 Å². The average Bonchev–Trinajstić information content (AvgIpc) is 3.07. The molecule has 106 valence electrons. The molecule has 0 aliphatic heterocycles. The minimum absolute atomic E-state index is 0.0974. The van der Waals surface area contributed by atoms with Gasteiger partial charge in [0.1, 0.15) is 5.52 Å². The molecule has 1 aliphatic rings. The van der Waals surface area contributed by atoms with Gasteiger partial charge in [-0.25, -0.2) is 9.37 Å². The van der Waals surface area contributed by atoms with Gasteiger partial charge < -0.3 is 9.88 Å². The Balaban J connectivity index is 1.97. The summed E-state index contributed by atoms with van der Waals surface area (Å²) in [6, 6.07) is 3.23. The number of hydrogen-bond donors (Lipinski definition) is 1. The molecular weight excluding hydrogens is 257 g/mol. The number of carbonyl (C=O) groups excluding carboxylic acids is 1. The fraction of sp³-hybridized carbons (Fsp3) is 0.467. The van der Waals surface area contributed by atoms with Gasteiger partial charge in [0.05, 0.1) is 17.4 Å². The Kier molecular flexibility index (Phi) is 3.00. The molecule has 0 spiro atoms. The van der Waals surface area contributed by atoms with Crippen molar-refractivity contribution in [2.45, 2.75) is 38.1 Å². The SMILES string of the molecule is CN(C(=O)c1ccc2[nH]cnc2c1F)C1(C)CCCC1. The van der Waals surface area contributed by atoms with Crippen molar-refractivity contribution in [1.82, 2.24) is 14.9 Å². The van der Waals surface area contributed by atoms with E-state index in [1.54, 1.807) is 18.0 Å². The molecule has 3 rings (SSSR count). The predicted octanol–water partition coefficient (Wildman–Crippen LogP) is 3.11. The number of rotatable bonds is 2. The summed E-state index contributed by atoms with van der Waals surface area (Å²) in [5.74, 6) is -0.806. The summed E-state index contributed by atoms with van der Waals surface area (Å²) in [6.07, 6.45) is 5.62. The van der Waals surface area contributed by atoms with Gasteiger partial charge in [0.15, 0.2) is 5.82 Å². The van der Waals surface area contributed by atoms with Crippen molar-refractivity contribution in [3.63, 3.8) is 0 Å². The van der Waals surface area contributed by atoms with Gasteiger partial charge >= 0.3 is 0 Å². The fourth-order valence-electron chi connectivity index (χ4n) is 3.04. The van der Waals surface area contributed by atoms with E-state index in [2.05, 4.69) is 16.9 Å². The summed E-state index contributed by atoms with van der Waals surface area (Å²) in [4.78, 5) is 21.0. The summed E-state index contributed by atoms with van der Waals surface area (Å²) >= 11 is 0. The van der Waals surface area contributed by atoms with Gasteiger partial charge in [-0.05, 0) is 31.9 Å². The quantitative estimate of drug-likeness (QED) is 0.915. The molecule has 1 aliphatic carbocycles. The summed E-state index contributed by atoms with van der Waals surface area (Å²) in [5.41, 5.74) is 0.763. The smallest absolute Gasteiger partial charge is 0.257 e. The highest BCUT2D eigenvalue weighted by Crippen LogP contribution is 2.35. The third kappa shape index (κ3) is 1.88. The van der Waals surface area contributed by atoms with E-state index in [1.807, 2.05) is 0 Å². The summed E-state index contributed by atoms with van der Waals surface area (Å²) < 4.78 is 14.4. The van der Waals surface area contributed by atoms with Crippen LogP contribution in [0.2, 0.25) is 0 Å². The Morgan fingerprint density at radius 1 is 1.40 bits per heavy atom. The van der Waals surface area contributed by atoms with Crippen LogP contribution >= 0.6 is 0 Å². The molecule has 1 saturated carbocycles. The van der Waals surface area contributed by atoms with Crippen molar-refractivity contribution in [1.29, 1.82) is 0 Å². The van der Waals surface area contributed by atoms with E-state index in [0.717, 1.165) is 25.7 Å². The molecule has 0 unspecified atom stereocenters. The second-order valence-electron chi connectivity index (χ2n) is 5.79. The highest BCUT2D eigenvalue weighted by molar-refractivity contribution is 5.98. The Morgan fingerprint density at radius 3 is 2.80 bits per heavy atom. The van der Waals surface area contributed by atoms with E-state index in [9.17, 15) is 9.18 Å². The molecule has 0 bridgehead atoms. The number of nitrogens with one attached hydrogen (secondary N) is 1. The summed E-state index contributed by atoms with van der Waals surface area (Å²) in [6.45, 7) is 2.07. The molecule has 0 radical (unpaired) electrons. The van der Waals surface area contributed by atoms with Gasteiger partial charge in [-0.3, -0.25) is 4.79 Å². The standard InChI is InChI=1S/C15H18FN3O/c1-15(7-3-4-8-15)19(2)14(20)10-5-6-11-13(12(10)16)18-9-17-11/h5-6,9H,3-4,7-8H2,1-2H3,(H,17,18). The first-order valence-electron chi connectivity index (χ1n) is 6.93. The average molecular weight is 275 g/mol. The Hall–Kier alpha value is -1.91. The first-order valence-corrected chi connectivity index (χ1v) is 6.93. The lowest BCUT2D eigenvalue weighted by molar-refractivity contribution is 0.0602. The number of amides is 1. The molecule has 1 heterocycles. The lowest BCUT2D eigenvalue weighted by Gasteiger charge is -2.35. The maximum Gasteiger partial charge on any atom is 0.257 e. The molecule has 0 atom stereocenters. The molecule has 1 fully saturated rings. The lowest BCUT2D eigenvalue weighted by Crippen LogP contribution is -2.45. The fourth-order valence-corrected chi connectivity index (χ4v) is 3.04. The number of fused-ring (bicyclic) bond motifs is 1. The van der Waals surface area contributed by atoms with Crippen LogP contribution in [0.4, 0.5) is 4.39 Å². The van der Waals surface area contributed by atoms with Crippen LogP contribution in [0, 0.1) is 5.82 Å². The van der Waals surface area contributed by atoms with E-state index in [-0.39, 0.29) is 22.5 Å². The van der Waals surface area contributed by atoms with Crippen LogP contribution in [0.25, 0.3) is 11.0 Å². The van der Waals surface area contributed by atoms with Crippen molar-refractivity contribution in [2.75, 3.05) is 7.05 Å². The predicted molar refractivity (Wildman–Crippen MR) is 75.0 cm³/mol. The highest BCUT2D eigenvalue weighted by Gasteiger charge is 2.36. The number of nitrogens with zero attached hydrogens (tertiary/aromatic N) is 2. The molecular formula is C15H18FN3O. The normalized spacial score (nSPS) is 17.6. The van der Waals surface area contributed by atoms with Crippen molar-refractivity contribution in [2.24, 2.45) is 0 Å². The molecule has 4 nitrogen and oxygen atoms in total. The van der Waals surface area contributed by atoms with Crippen LogP contribution in [0.1, 0.15) is 43.0 Å². The molecule has 1 aromatic carbocycles. The summed E-state index contributed by atoms with van der Waals surface area (Å²) in [7, 11) is 1.77. The maximum absolute atomic E-state index is 14.4. The Bertz CT molecular complexity index is 658. The monoisotopic (exact) mass is 275 g/mol. The summed E-state index contributed by atoms with van der Waals surface area (Å²) in [5, 5.41) is 0.